The second-order valence-electron chi connectivity index (χ2n) is 7.21. The van der Waals surface area contributed by atoms with Gasteiger partial charge in [-0.25, -0.2) is 0 Å². The molecule has 0 aliphatic carbocycles. The second-order valence-corrected chi connectivity index (χ2v) is 7.99. The van der Waals surface area contributed by atoms with Gasteiger partial charge in [0.2, 0.25) is 5.91 Å². The fraction of sp³-hybridized carbons (Fsp3) is 0.217. The fourth-order valence-electron chi connectivity index (χ4n) is 3.79. The fourth-order valence-corrected chi connectivity index (χ4v) is 4.14. The van der Waals surface area contributed by atoms with Crippen molar-refractivity contribution in [2.45, 2.75) is 12.8 Å². The molecule has 29 heavy (non-hydrogen) atoms. The molecule has 0 radical (unpaired) electrons. The van der Waals surface area contributed by atoms with Crippen LogP contribution in [0.3, 0.4) is 0 Å². The lowest BCUT2D eigenvalue weighted by Crippen LogP contribution is -2.43. The molecule has 1 atom stereocenters. The van der Waals surface area contributed by atoms with Crippen molar-refractivity contribution in [3.05, 3.63) is 76.3 Å². The lowest BCUT2D eigenvalue weighted by atomic mass is 9.95. The third-order valence-electron chi connectivity index (χ3n) is 5.31. The van der Waals surface area contributed by atoms with E-state index in [0.29, 0.717) is 34.4 Å². The van der Waals surface area contributed by atoms with E-state index in [1.807, 2.05) is 42.5 Å². The molecule has 1 aliphatic heterocycles. The van der Waals surface area contributed by atoms with Gasteiger partial charge in [0.1, 0.15) is 0 Å². The molecule has 1 heterocycles. The van der Waals surface area contributed by atoms with Crippen LogP contribution in [0.15, 0.2) is 60.7 Å². The highest BCUT2D eigenvalue weighted by Crippen LogP contribution is 2.31. The number of carbonyl (C=O) groups excluding carboxylic acids is 2. The Hall–Kier alpha value is -2.56. The number of hydrogen-bond acceptors (Lipinski definition) is 2. The van der Waals surface area contributed by atoms with Gasteiger partial charge in [-0.15, -0.1) is 0 Å². The summed E-state index contributed by atoms with van der Waals surface area (Å²) < 4.78 is 0. The number of benzene rings is 3. The molecule has 1 fully saturated rings. The number of hydrogen-bond donors (Lipinski definition) is 1. The lowest BCUT2D eigenvalue weighted by molar-refractivity contribution is -0.121. The van der Waals surface area contributed by atoms with Crippen LogP contribution in [-0.4, -0.2) is 29.8 Å². The predicted molar refractivity (Wildman–Crippen MR) is 118 cm³/mol. The zero-order valence-electron chi connectivity index (χ0n) is 15.7. The van der Waals surface area contributed by atoms with Gasteiger partial charge < -0.3 is 10.2 Å². The summed E-state index contributed by atoms with van der Waals surface area (Å²) in [6.45, 7) is 1.02. The third kappa shape index (κ3) is 4.09. The number of carbonyl (C=O) groups is 2. The Balaban J connectivity index is 1.51. The molecule has 1 saturated heterocycles. The first-order chi connectivity index (χ1) is 14.0. The number of piperidine rings is 1. The smallest absolute Gasteiger partial charge is 0.254 e. The minimum absolute atomic E-state index is 0.0416. The van der Waals surface area contributed by atoms with E-state index in [4.69, 9.17) is 23.2 Å². The highest BCUT2D eigenvalue weighted by Gasteiger charge is 2.29. The highest BCUT2D eigenvalue weighted by atomic mass is 35.5. The second kappa shape index (κ2) is 8.44. The molecule has 0 aromatic heterocycles. The van der Waals surface area contributed by atoms with Gasteiger partial charge in [-0.05, 0) is 41.8 Å². The number of rotatable bonds is 3. The minimum Gasteiger partial charge on any atom is -0.338 e. The zero-order valence-corrected chi connectivity index (χ0v) is 17.2. The zero-order chi connectivity index (χ0) is 20.4. The first kappa shape index (κ1) is 19.7. The van der Waals surface area contributed by atoms with E-state index in [0.717, 1.165) is 23.6 Å². The average molecular weight is 427 g/mol. The molecule has 0 saturated carbocycles. The number of halogens is 2. The Bertz CT molecular complexity index is 1080. The minimum atomic E-state index is -0.294. The van der Waals surface area contributed by atoms with Gasteiger partial charge in [0.25, 0.3) is 5.91 Å². The van der Waals surface area contributed by atoms with Gasteiger partial charge in [0.05, 0.1) is 21.7 Å². The van der Waals surface area contributed by atoms with Gasteiger partial charge in [0, 0.05) is 18.7 Å². The first-order valence-corrected chi connectivity index (χ1v) is 10.3. The van der Waals surface area contributed by atoms with Crippen LogP contribution < -0.4 is 5.32 Å². The standard InChI is InChI=1S/C23H20Cl2N2O2/c24-19-11-4-12-20(21(19)25)26-22(28)16-8-5-13-27(14-16)23(29)18-10-3-7-15-6-1-2-9-17(15)18/h1-4,6-7,9-12,16H,5,8,13-14H2,(H,26,28). The molecule has 1 N–H and O–H groups in total. The van der Waals surface area contributed by atoms with Gasteiger partial charge in [-0.3, -0.25) is 9.59 Å². The molecule has 4 nitrogen and oxygen atoms in total. The van der Waals surface area contributed by atoms with Gasteiger partial charge in [0.15, 0.2) is 0 Å². The molecule has 1 unspecified atom stereocenters. The highest BCUT2D eigenvalue weighted by molar-refractivity contribution is 6.44. The van der Waals surface area contributed by atoms with E-state index in [1.165, 1.54) is 0 Å². The molecule has 3 aromatic rings. The van der Waals surface area contributed by atoms with E-state index in [2.05, 4.69) is 5.32 Å². The number of nitrogens with zero attached hydrogens (tertiary/aromatic N) is 1. The van der Waals surface area contributed by atoms with Crippen molar-refractivity contribution in [1.29, 1.82) is 0 Å². The number of likely N-dealkylation sites (tertiary alicyclic amines) is 1. The van der Waals surface area contributed by atoms with Crippen molar-refractivity contribution in [1.82, 2.24) is 4.90 Å². The topological polar surface area (TPSA) is 49.4 Å². The molecule has 2 amide bonds. The summed E-state index contributed by atoms with van der Waals surface area (Å²) >= 11 is 12.2. The van der Waals surface area contributed by atoms with Crippen LogP contribution in [0.5, 0.6) is 0 Å². The van der Waals surface area contributed by atoms with Gasteiger partial charge >= 0.3 is 0 Å². The van der Waals surface area contributed by atoms with E-state index < -0.39 is 0 Å². The molecular formula is C23H20Cl2N2O2. The summed E-state index contributed by atoms with van der Waals surface area (Å²) in [4.78, 5) is 27.8. The normalized spacial score (nSPS) is 16.6. The van der Waals surface area contributed by atoms with Crippen molar-refractivity contribution in [2.75, 3.05) is 18.4 Å². The number of fused-ring (bicyclic) bond motifs is 1. The largest absolute Gasteiger partial charge is 0.338 e. The van der Waals surface area contributed by atoms with Crippen LogP contribution >= 0.6 is 23.2 Å². The van der Waals surface area contributed by atoms with Crippen molar-refractivity contribution >= 4 is 51.5 Å². The Morgan fingerprint density at radius 1 is 0.966 bits per heavy atom. The molecule has 148 valence electrons. The molecule has 6 heteroatoms. The molecule has 1 aliphatic rings. The SMILES string of the molecule is O=C(Nc1cccc(Cl)c1Cl)C1CCCN(C(=O)c2cccc3ccccc23)C1. The molecular weight excluding hydrogens is 407 g/mol. The quantitative estimate of drug-likeness (QED) is 0.588. The third-order valence-corrected chi connectivity index (χ3v) is 6.13. The maximum Gasteiger partial charge on any atom is 0.254 e. The van der Waals surface area contributed by atoms with E-state index in [9.17, 15) is 9.59 Å². The Morgan fingerprint density at radius 3 is 2.59 bits per heavy atom. The van der Waals surface area contributed by atoms with Crippen molar-refractivity contribution in [2.24, 2.45) is 5.92 Å². The van der Waals surface area contributed by atoms with Crippen molar-refractivity contribution in [3.8, 4) is 0 Å². The predicted octanol–water partition coefficient (Wildman–Crippen LogP) is 5.64. The lowest BCUT2D eigenvalue weighted by Gasteiger charge is -2.32. The maximum absolute atomic E-state index is 13.2. The van der Waals surface area contributed by atoms with Crippen LogP contribution in [0.1, 0.15) is 23.2 Å². The Labute approximate surface area is 179 Å². The van der Waals surface area contributed by atoms with Gasteiger partial charge in [-0.2, -0.15) is 0 Å². The summed E-state index contributed by atoms with van der Waals surface area (Å²) in [6, 6.07) is 18.7. The van der Waals surface area contributed by atoms with E-state index in [-0.39, 0.29) is 17.7 Å². The number of amides is 2. The van der Waals surface area contributed by atoms with Crippen LogP contribution in [0.4, 0.5) is 5.69 Å². The average Bonchev–Trinajstić information content (AvgIpc) is 2.76. The summed E-state index contributed by atoms with van der Waals surface area (Å²) in [6.07, 6.45) is 1.50. The number of nitrogens with one attached hydrogen (secondary N) is 1. The Kier molecular flexibility index (Phi) is 5.74. The molecule has 0 bridgehead atoms. The van der Waals surface area contributed by atoms with Crippen LogP contribution in [0.25, 0.3) is 10.8 Å². The summed E-state index contributed by atoms with van der Waals surface area (Å²) in [7, 11) is 0. The van der Waals surface area contributed by atoms with Gasteiger partial charge in [-0.1, -0.05) is 65.7 Å². The van der Waals surface area contributed by atoms with Crippen molar-refractivity contribution < 1.29 is 9.59 Å². The maximum atomic E-state index is 13.2. The molecule has 3 aromatic carbocycles. The van der Waals surface area contributed by atoms with Crippen LogP contribution in [-0.2, 0) is 4.79 Å². The molecule has 0 spiro atoms. The Morgan fingerprint density at radius 2 is 1.72 bits per heavy atom. The van der Waals surface area contributed by atoms with E-state index in [1.54, 1.807) is 23.1 Å². The monoisotopic (exact) mass is 426 g/mol. The summed E-state index contributed by atoms with van der Waals surface area (Å²) in [5.41, 5.74) is 1.16. The first-order valence-electron chi connectivity index (χ1n) is 9.56. The van der Waals surface area contributed by atoms with E-state index >= 15 is 0 Å². The van der Waals surface area contributed by atoms with Crippen LogP contribution in [0.2, 0.25) is 10.0 Å². The molecule has 4 rings (SSSR count). The van der Waals surface area contributed by atoms with Crippen molar-refractivity contribution in [3.63, 3.8) is 0 Å². The number of anilines is 1. The van der Waals surface area contributed by atoms with Crippen LogP contribution in [0, 0.1) is 5.92 Å². The summed E-state index contributed by atoms with van der Waals surface area (Å²) in [5, 5.41) is 5.52. The summed E-state index contributed by atoms with van der Waals surface area (Å²) in [5.74, 6) is -0.484.